The highest BCUT2D eigenvalue weighted by atomic mass is 32.1. The minimum absolute atomic E-state index is 0.134. The van der Waals surface area contributed by atoms with Crippen molar-refractivity contribution < 1.29 is 19.1 Å². The highest BCUT2D eigenvalue weighted by Crippen LogP contribution is 2.42. The Labute approximate surface area is 162 Å². The van der Waals surface area contributed by atoms with Crippen LogP contribution in [0.5, 0.6) is 5.75 Å². The van der Waals surface area contributed by atoms with E-state index in [0.717, 1.165) is 47.4 Å². The summed E-state index contributed by atoms with van der Waals surface area (Å²) in [4.78, 5) is 28.1. The van der Waals surface area contributed by atoms with Crippen LogP contribution in [-0.4, -0.2) is 36.5 Å². The van der Waals surface area contributed by atoms with E-state index in [-0.39, 0.29) is 18.6 Å². The summed E-state index contributed by atoms with van der Waals surface area (Å²) in [5, 5.41) is 0. The highest BCUT2D eigenvalue weighted by Gasteiger charge is 2.25. The van der Waals surface area contributed by atoms with E-state index in [9.17, 15) is 9.59 Å². The molecule has 0 atom stereocenters. The van der Waals surface area contributed by atoms with Gasteiger partial charge < -0.3 is 14.4 Å². The molecule has 6 heteroatoms. The zero-order chi connectivity index (χ0) is 18.8. The number of thiophene rings is 1. The van der Waals surface area contributed by atoms with Gasteiger partial charge in [0.2, 0.25) is 0 Å². The molecule has 1 amide bonds. The molecule has 0 radical (unpaired) electrons. The van der Waals surface area contributed by atoms with E-state index >= 15 is 0 Å². The molecule has 0 spiro atoms. The van der Waals surface area contributed by atoms with Gasteiger partial charge in [-0.05, 0) is 31.0 Å². The standard InChI is InChI=1S/C21H23NO4S/c1-22(15-7-3-2-4-8-15)19(23)13-26-21(24)18-11-14-12-25-17-10-6-5-9-16(17)20(14)27-18/h5-6,9-11,15H,2-4,7-8,12-13H2,1H3. The van der Waals surface area contributed by atoms with Crippen LogP contribution in [0.25, 0.3) is 10.4 Å². The van der Waals surface area contributed by atoms with E-state index in [2.05, 4.69) is 0 Å². The van der Waals surface area contributed by atoms with Crippen molar-refractivity contribution >= 4 is 23.2 Å². The number of hydrogen-bond donors (Lipinski definition) is 0. The predicted octanol–water partition coefficient (Wildman–Crippen LogP) is 4.26. The second-order valence-corrected chi connectivity index (χ2v) is 8.17. The van der Waals surface area contributed by atoms with Crippen LogP contribution in [0.15, 0.2) is 30.3 Å². The van der Waals surface area contributed by atoms with Crippen LogP contribution in [0.4, 0.5) is 0 Å². The van der Waals surface area contributed by atoms with Crippen LogP contribution in [-0.2, 0) is 16.1 Å². The Hall–Kier alpha value is -2.34. The molecule has 0 bridgehead atoms. The first kappa shape index (κ1) is 18.0. The molecule has 1 aliphatic carbocycles. The monoisotopic (exact) mass is 385 g/mol. The van der Waals surface area contributed by atoms with Gasteiger partial charge in [0.1, 0.15) is 17.2 Å². The third kappa shape index (κ3) is 3.72. The Balaban J connectivity index is 1.40. The molecule has 0 N–H and O–H groups in total. The number of fused-ring (bicyclic) bond motifs is 3. The molecule has 4 rings (SSSR count). The zero-order valence-corrected chi connectivity index (χ0v) is 16.2. The van der Waals surface area contributed by atoms with Gasteiger partial charge in [-0.2, -0.15) is 0 Å². The summed E-state index contributed by atoms with van der Waals surface area (Å²) < 4.78 is 11.0. The second-order valence-electron chi connectivity index (χ2n) is 7.12. The molecule has 0 saturated heterocycles. The predicted molar refractivity (Wildman–Crippen MR) is 104 cm³/mol. The minimum atomic E-state index is -0.447. The van der Waals surface area contributed by atoms with E-state index in [1.165, 1.54) is 17.8 Å². The lowest BCUT2D eigenvalue weighted by atomic mass is 9.94. The van der Waals surface area contributed by atoms with Crippen molar-refractivity contribution in [2.75, 3.05) is 13.7 Å². The number of nitrogens with zero attached hydrogens (tertiary/aromatic N) is 1. The smallest absolute Gasteiger partial charge is 0.348 e. The van der Waals surface area contributed by atoms with Crippen molar-refractivity contribution in [1.82, 2.24) is 4.90 Å². The van der Waals surface area contributed by atoms with Gasteiger partial charge in [0, 0.05) is 29.1 Å². The largest absolute Gasteiger partial charge is 0.488 e. The number of carbonyl (C=O) groups excluding carboxylic acids is 2. The van der Waals surface area contributed by atoms with Crippen molar-refractivity contribution in [2.45, 2.75) is 44.8 Å². The fourth-order valence-corrected chi connectivity index (χ4v) is 4.86. The average molecular weight is 385 g/mol. The molecule has 1 saturated carbocycles. The summed E-state index contributed by atoms with van der Waals surface area (Å²) in [6, 6.07) is 9.88. The van der Waals surface area contributed by atoms with Gasteiger partial charge in [0.15, 0.2) is 6.61 Å². The molecule has 2 heterocycles. The fourth-order valence-electron chi connectivity index (χ4n) is 3.77. The number of hydrogen-bond acceptors (Lipinski definition) is 5. The summed E-state index contributed by atoms with van der Waals surface area (Å²) in [6.07, 6.45) is 5.63. The average Bonchev–Trinajstić information content (AvgIpc) is 3.17. The second kappa shape index (κ2) is 7.72. The molecule has 0 unspecified atom stereocenters. The molecule has 1 aliphatic heterocycles. The first-order valence-corrected chi connectivity index (χ1v) is 10.2. The molecular formula is C21H23NO4S. The van der Waals surface area contributed by atoms with Crippen LogP contribution in [0.1, 0.15) is 47.3 Å². The van der Waals surface area contributed by atoms with E-state index in [1.807, 2.05) is 37.4 Å². The number of likely N-dealkylation sites (N-methyl/N-ethyl adjacent to an activating group) is 1. The van der Waals surface area contributed by atoms with Crippen LogP contribution in [0, 0.1) is 0 Å². The number of ether oxygens (including phenoxy) is 2. The third-order valence-electron chi connectivity index (χ3n) is 5.37. The van der Waals surface area contributed by atoms with E-state index in [0.29, 0.717) is 11.5 Å². The lowest BCUT2D eigenvalue weighted by molar-refractivity contribution is -0.135. The molecule has 5 nitrogen and oxygen atoms in total. The first-order valence-electron chi connectivity index (χ1n) is 9.41. The molecule has 2 aliphatic rings. The number of para-hydroxylation sites is 1. The topological polar surface area (TPSA) is 55.8 Å². The summed E-state index contributed by atoms with van der Waals surface area (Å²) >= 11 is 1.39. The number of esters is 1. The van der Waals surface area contributed by atoms with Crippen molar-refractivity contribution in [2.24, 2.45) is 0 Å². The van der Waals surface area contributed by atoms with Gasteiger partial charge in [-0.1, -0.05) is 31.4 Å². The zero-order valence-electron chi connectivity index (χ0n) is 15.4. The SMILES string of the molecule is CN(C(=O)COC(=O)c1cc2c(s1)-c1ccccc1OC2)C1CCCCC1. The van der Waals surface area contributed by atoms with E-state index in [4.69, 9.17) is 9.47 Å². The summed E-state index contributed by atoms with van der Waals surface area (Å²) in [7, 11) is 1.81. The van der Waals surface area contributed by atoms with Gasteiger partial charge in [0.05, 0.1) is 0 Å². The Morgan fingerprint density at radius 3 is 2.81 bits per heavy atom. The molecule has 1 fully saturated rings. The van der Waals surface area contributed by atoms with Gasteiger partial charge in [0.25, 0.3) is 5.91 Å². The normalized spacial score (nSPS) is 16.0. The summed E-state index contributed by atoms with van der Waals surface area (Å²) in [6.45, 7) is 0.237. The van der Waals surface area contributed by atoms with Crippen LogP contribution in [0.2, 0.25) is 0 Å². The van der Waals surface area contributed by atoms with Crippen LogP contribution >= 0.6 is 11.3 Å². The van der Waals surface area contributed by atoms with Gasteiger partial charge in [-0.25, -0.2) is 4.79 Å². The molecular weight excluding hydrogens is 362 g/mol. The Morgan fingerprint density at radius 2 is 2.00 bits per heavy atom. The van der Waals surface area contributed by atoms with Gasteiger partial charge >= 0.3 is 5.97 Å². The molecule has 1 aromatic heterocycles. The quantitative estimate of drug-likeness (QED) is 0.738. The third-order valence-corrected chi connectivity index (χ3v) is 6.56. The van der Waals surface area contributed by atoms with Crippen molar-refractivity contribution in [3.05, 3.63) is 40.8 Å². The van der Waals surface area contributed by atoms with Crippen molar-refractivity contribution in [3.8, 4) is 16.2 Å². The van der Waals surface area contributed by atoms with E-state index in [1.54, 1.807) is 4.90 Å². The van der Waals surface area contributed by atoms with Crippen LogP contribution in [0.3, 0.4) is 0 Å². The molecule has 1 aromatic carbocycles. The Kier molecular flexibility index (Phi) is 5.16. The Morgan fingerprint density at radius 1 is 1.22 bits per heavy atom. The number of carbonyl (C=O) groups is 2. The number of amides is 1. The first-order chi connectivity index (χ1) is 13.1. The summed E-state index contributed by atoms with van der Waals surface area (Å²) in [5.41, 5.74) is 1.98. The Bertz CT molecular complexity index is 854. The summed E-state index contributed by atoms with van der Waals surface area (Å²) in [5.74, 6) is 0.249. The maximum Gasteiger partial charge on any atom is 0.348 e. The van der Waals surface area contributed by atoms with Crippen LogP contribution < -0.4 is 4.74 Å². The lowest BCUT2D eigenvalue weighted by Gasteiger charge is -2.31. The van der Waals surface area contributed by atoms with E-state index < -0.39 is 5.97 Å². The maximum atomic E-state index is 12.5. The molecule has 27 heavy (non-hydrogen) atoms. The maximum absolute atomic E-state index is 12.5. The molecule has 2 aromatic rings. The van der Waals surface area contributed by atoms with Crippen molar-refractivity contribution in [1.29, 1.82) is 0 Å². The van der Waals surface area contributed by atoms with Gasteiger partial charge in [-0.15, -0.1) is 11.3 Å². The highest BCUT2D eigenvalue weighted by molar-refractivity contribution is 7.17. The lowest BCUT2D eigenvalue weighted by Crippen LogP contribution is -2.40. The fraction of sp³-hybridized carbons (Fsp3) is 0.429. The number of rotatable bonds is 4. The van der Waals surface area contributed by atoms with Gasteiger partial charge in [-0.3, -0.25) is 4.79 Å². The number of benzene rings is 1. The minimum Gasteiger partial charge on any atom is -0.488 e. The van der Waals surface area contributed by atoms with Crippen molar-refractivity contribution in [3.63, 3.8) is 0 Å². The molecule has 142 valence electrons.